The van der Waals surface area contributed by atoms with E-state index < -0.39 is 14.3 Å². The van der Waals surface area contributed by atoms with Gasteiger partial charge in [0.25, 0.3) is 0 Å². The summed E-state index contributed by atoms with van der Waals surface area (Å²) in [6, 6.07) is 13.6. The van der Waals surface area contributed by atoms with E-state index in [1.807, 2.05) is 12.1 Å². The third-order valence-electron chi connectivity index (χ3n) is 7.08. The van der Waals surface area contributed by atoms with E-state index >= 15 is 0 Å². The fourth-order valence-corrected chi connectivity index (χ4v) is 5.32. The van der Waals surface area contributed by atoms with Gasteiger partial charge in [0, 0.05) is 23.5 Å². The maximum atomic E-state index is 11.9. The summed E-state index contributed by atoms with van der Waals surface area (Å²) in [4.78, 5) is 26.1. The predicted octanol–water partition coefficient (Wildman–Crippen LogP) is 5.61. The number of fused-ring (bicyclic) bond motifs is 1. The van der Waals surface area contributed by atoms with E-state index in [0.717, 1.165) is 16.5 Å². The van der Waals surface area contributed by atoms with Gasteiger partial charge in [-0.1, -0.05) is 39.0 Å². The number of aromatic carboxylic acids is 1. The van der Waals surface area contributed by atoms with Gasteiger partial charge in [-0.3, -0.25) is 4.79 Å². The van der Waals surface area contributed by atoms with Crippen molar-refractivity contribution < 1.29 is 19.4 Å². The predicted molar refractivity (Wildman–Crippen MR) is 146 cm³/mol. The van der Waals surface area contributed by atoms with Gasteiger partial charge in [-0.15, -0.1) is 0 Å². The van der Waals surface area contributed by atoms with E-state index in [1.54, 1.807) is 30.3 Å². The Labute approximate surface area is 213 Å². The van der Waals surface area contributed by atoms with Crippen LogP contribution in [0.4, 0.5) is 0 Å². The molecule has 8 heteroatoms. The minimum atomic E-state index is -2.19. The maximum Gasteiger partial charge on any atom is 0.335 e. The van der Waals surface area contributed by atoms with Crippen LogP contribution >= 0.6 is 0 Å². The molecule has 0 bridgehead atoms. The smallest absolute Gasteiger partial charge is 0.335 e. The van der Waals surface area contributed by atoms with E-state index in [4.69, 9.17) is 4.43 Å². The zero-order valence-corrected chi connectivity index (χ0v) is 23.2. The van der Waals surface area contributed by atoms with Crippen molar-refractivity contribution in [1.29, 1.82) is 0 Å². The molecule has 0 unspecified atom stereocenters. The van der Waals surface area contributed by atoms with Gasteiger partial charge < -0.3 is 24.9 Å². The highest BCUT2D eigenvalue weighted by molar-refractivity contribution is 6.74. The first-order valence-corrected chi connectivity index (χ1v) is 15.1. The van der Waals surface area contributed by atoms with Crippen molar-refractivity contribution in [3.8, 4) is 5.75 Å². The van der Waals surface area contributed by atoms with Gasteiger partial charge in [0.15, 0.2) is 8.32 Å². The lowest BCUT2D eigenvalue weighted by Gasteiger charge is -2.40. The van der Waals surface area contributed by atoms with Crippen molar-refractivity contribution in [2.75, 3.05) is 6.54 Å². The molecule has 194 valence electrons. The standard InChI is InChI=1S/C28H38N2O5Si/c1-27(2,3)36(6,7)35-23(20-11-13-22(31)25-21(20)12-14-24(32)30-25)17-29-28(4,5)16-18-9-8-10-19(15-18)26(33)34/h8-15,23,29,31H,16-17H2,1-7H3,(H,30,32)(H,33,34)/t23-/m0/s1. The Hall–Kier alpha value is -2.94. The molecule has 0 saturated carbocycles. The topological polar surface area (TPSA) is 112 Å². The van der Waals surface area contributed by atoms with E-state index in [2.05, 4.69) is 58.0 Å². The summed E-state index contributed by atoms with van der Waals surface area (Å²) < 4.78 is 6.89. The number of hydrogen-bond acceptors (Lipinski definition) is 5. The van der Waals surface area contributed by atoms with Gasteiger partial charge in [0.1, 0.15) is 5.75 Å². The number of hydrogen-bond donors (Lipinski definition) is 4. The molecule has 0 fully saturated rings. The molecule has 0 radical (unpaired) electrons. The first-order valence-electron chi connectivity index (χ1n) is 12.2. The van der Waals surface area contributed by atoms with Crippen LogP contribution in [0.5, 0.6) is 5.75 Å². The molecule has 4 N–H and O–H groups in total. The van der Waals surface area contributed by atoms with Crippen LogP contribution in [0.2, 0.25) is 18.1 Å². The monoisotopic (exact) mass is 510 g/mol. The molecule has 1 atom stereocenters. The fraction of sp³-hybridized carbons (Fsp3) is 0.429. The third kappa shape index (κ3) is 6.43. The summed E-state index contributed by atoms with van der Waals surface area (Å²) in [6.45, 7) is 15.6. The Balaban J connectivity index is 1.95. The molecule has 0 amide bonds. The molecule has 2 aromatic carbocycles. The molecule has 1 aromatic heterocycles. The highest BCUT2D eigenvalue weighted by Gasteiger charge is 2.40. The number of carboxylic acid groups (broad SMARTS) is 1. The number of benzene rings is 2. The van der Waals surface area contributed by atoms with Gasteiger partial charge in [-0.05, 0) is 73.8 Å². The molecule has 7 nitrogen and oxygen atoms in total. The van der Waals surface area contributed by atoms with Crippen molar-refractivity contribution in [3.05, 3.63) is 75.6 Å². The second kappa shape index (κ2) is 10.2. The number of rotatable bonds is 9. The maximum absolute atomic E-state index is 11.9. The Morgan fingerprint density at radius 3 is 2.42 bits per heavy atom. The van der Waals surface area contributed by atoms with Gasteiger partial charge in [-0.25, -0.2) is 4.79 Å². The largest absolute Gasteiger partial charge is 0.506 e. The molecule has 3 aromatic rings. The number of nitrogens with one attached hydrogen (secondary N) is 2. The van der Waals surface area contributed by atoms with Crippen LogP contribution in [-0.4, -0.2) is 41.6 Å². The average Bonchev–Trinajstić information content (AvgIpc) is 2.76. The van der Waals surface area contributed by atoms with Gasteiger partial charge >= 0.3 is 5.97 Å². The molecule has 0 spiro atoms. The lowest BCUT2D eigenvalue weighted by Crippen LogP contribution is -2.47. The van der Waals surface area contributed by atoms with Crippen molar-refractivity contribution in [3.63, 3.8) is 0 Å². The number of H-pyrrole nitrogens is 1. The van der Waals surface area contributed by atoms with E-state index in [9.17, 15) is 19.8 Å². The molecule has 0 aliphatic carbocycles. The highest BCUT2D eigenvalue weighted by Crippen LogP contribution is 2.41. The van der Waals surface area contributed by atoms with Crippen molar-refractivity contribution >= 4 is 25.2 Å². The van der Waals surface area contributed by atoms with Gasteiger partial charge in [-0.2, -0.15) is 0 Å². The summed E-state index contributed by atoms with van der Waals surface area (Å²) >= 11 is 0. The zero-order chi connectivity index (χ0) is 26.9. The summed E-state index contributed by atoms with van der Waals surface area (Å²) in [5.74, 6) is -0.924. The number of phenolic OH excluding ortho intramolecular Hbond substituents is 1. The van der Waals surface area contributed by atoms with Crippen molar-refractivity contribution in [1.82, 2.24) is 10.3 Å². The van der Waals surface area contributed by atoms with Crippen LogP contribution in [-0.2, 0) is 10.8 Å². The Bertz CT molecular complexity index is 1310. The number of carboxylic acids is 1. The number of pyridine rings is 1. The summed E-state index contributed by atoms with van der Waals surface area (Å²) in [5, 5.41) is 24.1. The summed E-state index contributed by atoms with van der Waals surface area (Å²) in [6.07, 6.45) is 0.300. The number of aromatic amines is 1. The van der Waals surface area contributed by atoms with Gasteiger partial charge in [0.2, 0.25) is 5.56 Å². The second-order valence-corrected chi connectivity index (χ2v) is 16.4. The minimum Gasteiger partial charge on any atom is -0.506 e. The average molecular weight is 511 g/mol. The zero-order valence-electron chi connectivity index (χ0n) is 22.2. The van der Waals surface area contributed by atoms with Crippen LogP contribution in [0, 0.1) is 0 Å². The quantitative estimate of drug-likeness (QED) is 0.279. The molecule has 0 aliphatic heterocycles. The summed E-state index contributed by atoms with van der Waals surface area (Å²) in [5.41, 5.74) is 1.86. The SMILES string of the molecule is CC(C)(Cc1cccc(C(=O)O)c1)NC[C@H](O[Si](C)(C)C(C)(C)C)c1ccc(O)c2[nH]c(=O)ccc12. The van der Waals surface area contributed by atoms with Crippen LogP contribution in [0.25, 0.3) is 10.9 Å². The Morgan fingerprint density at radius 2 is 1.78 bits per heavy atom. The Kier molecular flexibility index (Phi) is 7.83. The third-order valence-corrected chi connectivity index (χ3v) is 11.6. The minimum absolute atomic E-state index is 0.0148. The van der Waals surface area contributed by atoms with E-state index in [0.29, 0.717) is 18.5 Å². The molecule has 1 heterocycles. The van der Waals surface area contributed by atoms with Crippen LogP contribution in [0.15, 0.2) is 53.3 Å². The molecule has 3 rings (SSSR count). The molecular weight excluding hydrogens is 472 g/mol. The molecule has 0 aliphatic rings. The van der Waals surface area contributed by atoms with Crippen LogP contribution in [0.1, 0.15) is 62.2 Å². The summed E-state index contributed by atoms with van der Waals surface area (Å²) in [7, 11) is -2.19. The van der Waals surface area contributed by atoms with Crippen LogP contribution < -0.4 is 10.9 Å². The lowest BCUT2D eigenvalue weighted by molar-refractivity contribution is 0.0696. The second-order valence-electron chi connectivity index (χ2n) is 11.6. The highest BCUT2D eigenvalue weighted by atomic mass is 28.4. The van der Waals surface area contributed by atoms with E-state index in [1.165, 1.54) is 6.07 Å². The first-order chi connectivity index (χ1) is 16.6. The number of phenols is 1. The Morgan fingerprint density at radius 1 is 1.08 bits per heavy atom. The molecule has 36 heavy (non-hydrogen) atoms. The van der Waals surface area contributed by atoms with Crippen molar-refractivity contribution in [2.45, 2.75) is 70.8 Å². The first kappa shape index (κ1) is 27.6. The molecule has 0 saturated heterocycles. The number of aromatic nitrogens is 1. The van der Waals surface area contributed by atoms with Gasteiger partial charge in [0.05, 0.1) is 17.2 Å². The normalized spacial score (nSPS) is 13.6. The van der Waals surface area contributed by atoms with Crippen molar-refractivity contribution in [2.24, 2.45) is 0 Å². The number of aromatic hydroxyl groups is 1. The number of carbonyl (C=O) groups is 1. The van der Waals surface area contributed by atoms with Crippen LogP contribution in [0.3, 0.4) is 0 Å². The fourth-order valence-electron chi connectivity index (χ4n) is 4.04. The lowest BCUT2D eigenvalue weighted by atomic mass is 9.93. The van der Waals surface area contributed by atoms with E-state index in [-0.39, 0.29) is 33.6 Å². The molecular formula is C28H38N2O5Si.